The normalized spacial score (nSPS) is 21.6. The number of rotatable bonds is 4. The highest BCUT2D eigenvalue weighted by Gasteiger charge is 2.24. The molecule has 0 bridgehead atoms. The molecule has 5 heteroatoms. The Morgan fingerprint density at radius 1 is 1.17 bits per heavy atom. The van der Waals surface area contributed by atoms with Crippen LogP contribution < -0.4 is 10.9 Å². The molecule has 0 atom stereocenters. The lowest BCUT2D eigenvalue weighted by Crippen LogP contribution is -2.30. The maximum absolute atomic E-state index is 12.8. The third-order valence-electron chi connectivity index (χ3n) is 4.38. The molecule has 1 aliphatic rings. The number of nitrogens with zero attached hydrogens (tertiary/aromatic N) is 1. The molecule has 23 heavy (non-hydrogen) atoms. The van der Waals surface area contributed by atoms with Crippen molar-refractivity contribution in [2.75, 3.05) is 5.32 Å². The van der Waals surface area contributed by atoms with Gasteiger partial charge in [0.2, 0.25) is 0 Å². The van der Waals surface area contributed by atoms with Gasteiger partial charge >= 0.3 is 0 Å². The molecule has 1 aliphatic carbocycles. The monoisotopic (exact) mass is 332 g/mol. The maximum Gasteiger partial charge on any atom is 0.284 e. The minimum Gasteiger partial charge on any atom is -0.393 e. The standard InChI is InChI=1S/C18H24N2O2S/c1-12(2)20-18(22)16(19-14-8-10-15(21)11-9-14)17(23-20)13-6-4-3-5-7-13/h3-7,12,14-15,19,21H,8-11H2,1-2H3/t14-,15+. The lowest BCUT2D eigenvalue weighted by Gasteiger charge is -2.26. The third kappa shape index (κ3) is 3.51. The van der Waals surface area contributed by atoms with Crippen molar-refractivity contribution in [3.8, 4) is 10.4 Å². The van der Waals surface area contributed by atoms with E-state index >= 15 is 0 Å². The predicted molar refractivity (Wildman–Crippen MR) is 96.3 cm³/mol. The van der Waals surface area contributed by atoms with Gasteiger partial charge in [0.05, 0.1) is 11.0 Å². The minimum atomic E-state index is -0.184. The molecule has 3 rings (SSSR count). The van der Waals surface area contributed by atoms with E-state index in [0.29, 0.717) is 0 Å². The number of hydrogen-bond acceptors (Lipinski definition) is 4. The highest BCUT2D eigenvalue weighted by molar-refractivity contribution is 7.11. The van der Waals surface area contributed by atoms with Crippen molar-refractivity contribution in [3.63, 3.8) is 0 Å². The largest absolute Gasteiger partial charge is 0.393 e. The molecule has 0 unspecified atom stereocenters. The quantitative estimate of drug-likeness (QED) is 0.893. The minimum absolute atomic E-state index is 0.0648. The van der Waals surface area contributed by atoms with E-state index in [1.54, 1.807) is 0 Å². The first kappa shape index (κ1) is 16.3. The van der Waals surface area contributed by atoms with Crippen LogP contribution in [0.5, 0.6) is 0 Å². The number of aliphatic hydroxyl groups is 1. The number of hydrogen-bond donors (Lipinski definition) is 2. The summed E-state index contributed by atoms with van der Waals surface area (Å²) in [6.45, 7) is 4.07. The third-order valence-corrected chi connectivity index (χ3v) is 5.79. The van der Waals surface area contributed by atoms with Gasteiger partial charge in [-0.25, -0.2) is 0 Å². The number of aliphatic hydroxyl groups excluding tert-OH is 1. The van der Waals surface area contributed by atoms with Crippen LogP contribution in [0.3, 0.4) is 0 Å². The maximum atomic E-state index is 12.8. The Kier molecular flexibility index (Phi) is 4.87. The van der Waals surface area contributed by atoms with E-state index in [2.05, 4.69) is 5.32 Å². The van der Waals surface area contributed by atoms with Gasteiger partial charge in [-0.1, -0.05) is 41.9 Å². The second-order valence-corrected chi connectivity index (χ2v) is 7.52. The fraction of sp³-hybridized carbons (Fsp3) is 0.500. The van der Waals surface area contributed by atoms with E-state index in [9.17, 15) is 9.90 Å². The molecule has 4 nitrogen and oxygen atoms in total. The Hall–Kier alpha value is -1.59. The zero-order valence-electron chi connectivity index (χ0n) is 13.7. The molecule has 1 fully saturated rings. The average molecular weight is 332 g/mol. The van der Waals surface area contributed by atoms with Crippen LogP contribution in [0.2, 0.25) is 0 Å². The van der Waals surface area contributed by atoms with Crippen molar-refractivity contribution in [2.24, 2.45) is 0 Å². The zero-order chi connectivity index (χ0) is 16.4. The molecule has 124 valence electrons. The van der Waals surface area contributed by atoms with E-state index in [0.717, 1.165) is 41.8 Å². The van der Waals surface area contributed by atoms with E-state index in [1.807, 2.05) is 48.1 Å². The number of aromatic nitrogens is 1. The number of benzene rings is 1. The summed E-state index contributed by atoms with van der Waals surface area (Å²) in [6, 6.07) is 10.5. The van der Waals surface area contributed by atoms with E-state index in [-0.39, 0.29) is 23.7 Å². The SMILES string of the molecule is CC(C)n1sc(-c2ccccc2)c(N[C@H]2CC[C@@H](O)CC2)c1=O. The van der Waals surface area contributed by atoms with Gasteiger partial charge in [-0.3, -0.25) is 8.75 Å². The van der Waals surface area contributed by atoms with Gasteiger partial charge in [0, 0.05) is 12.1 Å². The fourth-order valence-corrected chi connectivity index (χ4v) is 4.13. The van der Waals surface area contributed by atoms with Gasteiger partial charge in [-0.05, 0) is 45.1 Å². The van der Waals surface area contributed by atoms with E-state index in [4.69, 9.17) is 0 Å². The summed E-state index contributed by atoms with van der Waals surface area (Å²) in [6.07, 6.45) is 3.25. The average Bonchev–Trinajstić information content (AvgIpc) is 2.88. The molecule has 2 aromatic rings. The summed E-state index contributed by atoms with van der Waals surface area (Å²) < 4.78 is 1.84. The van der Waals surface area contributed by atoms with Crippen molar-refractivity contribution in [1.29, 1.82) is 0 Å². The molecule has 0 spiro atoms. The highest BCUT2D eigenvalue weighted by atomic mass is 32.1. The molecule has 1 saturated carbocycles. The Morgan fingerprint density at radius 3 is 2.43 bits per heavy atom. The van der Waals surface area contributed by atoms with Crippen LogP contribution in [-0.2, 0) is 0 Å². The molecular weight excluding hydrogens is 308 g/mol. The van der Waals surface area contributed by atoms with Crippen molar-refractivity contribution < 1.29 is 5.11 Å². The topological polar surface area (TPSA) is 54.3 Å². The first-order chi connectivity index (χ1) is 11.1. The van der Waals surface area contributed by atoms with Gasteiger partial charge in [-0.2, -0.15) is 0 Å². The first-order valence-electron chi connectivity index (χ1n) is 8.32. The van der Waals surface area contributed by atoms with Crippen molar-refractivity contribution in [3.05, 3.63) is 40.7 Å². The van der Waals surface area contributed by atoms with Gasteiger partial charge in [0.25, 0.3) is 5.56 Å². The van der Waals surface area contributed by atoms with Crippen LogP contribution in [0, 0.1) is 0 Å². The summed E-state index contributed by atoms with van der Waals surface area (Å²) in [5.41, 5.74) is 1.86. The zero-order valence-corrected chi connectivity index (χ0v) is 14.5. The summed E-state index contributed by atoms with van der Waals surface area (Å²) in [7, 11) is 0. The molecule has 1 aromatic heterocycles. The molecule has 0 amide bonds. The predicted octanol–water partition coefficient (Wildman–Crippen LogP) is 3.87. The van der Waals surface area contributed by atoms with Crippen LogP contribution in [0.1, 0.15) is 45.6 Å². The molecular formula is C18H24N2O2S. The second kappa shape index (κ2) is 6.89. The van der Waals surface area contributed by atoms with Crippen molar-refractivity contribution in [2.45, 2.75) is 57.7 Å². The molecule has 0 aliphatic heterocycles. The van der Waals surface area contributed by atoms with Crippen molar-refractivity contribution >= 4 is 17.2 Å². The Bertz CT molecular complexity index is 698. The fourth-order valence-electron chi connectivity index (χ4n) is 3.07. The van der Waals surface area contributed by atoms with Crippen LogP contribution >= 0.6 is 11.5 Å². The Balaban J connectivity index is 1.95. The van der Waals surface area contributed by atoms with Gasteiger partial charge in [0.15, 0.2) is 0 Å². The summed E-state index contributed by atoms with van der Waals surface area (Å²) >= 11 is 1.53. The lowest BCUT2D eigenvalue weighted by molar-refractivity contribution is 0.126. The highest BCUT2D eigenvalue weighted by Crippen LogP contribution is 2.33. The molecule has 2 N–H and O–H groups in total. The Morgan fingerprint density at radius 2 is 1.83 bits per heavy atom. The molecule has 0 saturated heterocycles. The smallest absolute Gasteiger partial charge is 0.284 e. The van der Waals surface area contributed by atoms with Crippen LogP contribution in [-0.4, -0.2) is 21.2 Å². The van der Waals surface area contributed by atoms with Gasteiger partial charge in [0.1, 0.15) is 5.69 Å². The van der Waals surface area contributed by atoms with Crippen LogP contribution in [0.25, 0.3) is 10.4 Å². The summed E-state index contributed by atoms with van der Waals surface area (Å²) in [5.74, 6) is 0. The summed E-state index contributed by atoms with van der Waals surface area (Å²) in [5, 5.41) is 13.1. The Labute approximate surface area is 140 Å². The molecule has 1 heterocycles. The number of nitrogens with one attached hydrogen (secondary N) is 1. The van der Waals surface area contributed by atoms with Crippen LogP contribution in [0.15, 0.2) is 35.1 Å². The lowest BCUT2D eigenvalue weighted by atomic mass is 9.93. The van der Waals surface area contributed by atoms with E-state index < -0.39 is 0 Å². The summed E-state index contributed by atoms with van der Waals surface area (Å²) in [4.78, 5) is 13.8. The second-order valence-electron chi connectivity index (χ2n) is 6.54. The van der Waals surface area contributed by atoms with Crippen molar-refractivity contribution in [1.82, 2.24) is 3.96 Å². The van der Waals surface area contributed by atoms with Gasteiger partial charge in [-0.15, -0.1) is 0 Å². The number of anilines is 1. The van der Waals surface area contributed by atoms with Crippen LogP contribution in [0.4, 0.5) is 5.69 Å². The molecule has 1 aromatic carbocycles. The first-order valence-corrected chi connectivity index (χ1v) is 9.09. The van der Waals surface area contributed by atoms with E-state index in [1.165, 1.54) is 11.5 Å². The molecule has 0 radical (unpaired) electrons. The van der Waals surface area contributed by atoms with Gasteiger partial charge < -0.3 is 10.4 Å².